The lowest BCUT2D eigenvalue weighted by molar-refractivity contribution is 0.0689. The number of nitrogens with one attached hydrogen (secondary N) is 1. The molecule has 2 rings (SSSR count). The predicted molar refractivity (Wildman–Crippen MR) is 56.3 cm³/mol. The highest BCUT2D eigenvalue weighted by Crippen LogP contribution is 2.34. The lowest BCUT2D eigenvalue weighted by atomic mass is 10.2. The van der Waals surface area contributed by atoms with Gasteiger partial charge < -0.3 is 10.4 Å². The highest BCUT2D eigenvalue weighted by Gasteiger charge is 2.38. The van der Waals surface area contributed by atoms with Crippen molar-refractivity contribution in [2.75, 3.05) is 0 Å². The van der Waals surface area contributed by atoms with Crippen LogP contribution in [-0.2, 0) is 0 Å². The number of carboxylic acid groups (broad SMARTS) is 1. The van der Waals surface area contributed by atoms with Crippen molar-refractivity contribution in [1.82, 2.24) is 10.3 Å². The van der Waals surface area contributed by atoms with Gasteiger partial charge in [0.25, 0.3) is 5.91 Å². The van der Waals surface area contributed by atoms with E-state index in [9.17, 15) is 9.59 Å². The summed E-state index contributed by atoms with van der Waals surface area (Å²) in [6.45, 7) is 1.98. The average Bonchev–Trinajstić information content (AvgIpc) is 2.96. The van der Waals surface area contributed by atoms with Gasteiger partial charge in [-0.05, 0) is 31.9 Å². The number of aromatic nitrogens is 1. The molecule has 1 fully saturated rings. The van der Waals surface area contributed by atoms with Crippen molar-refractivity contribution < 1.29 is 14.7 Å². The molecule has 0 bridgehead atoms. The summed E-state index contributed by atoms with van der Waals surface area (Å²) in [4.78, 5) is 25.9. The van der Waals surface area contributed by atoms with E-state index in [-0.39, 0.29) is 17.1 Å². The predicted octanol–water partition coefficient (Wildman–Crippen LogP) is 1.06. The molecular weight excluding hydrogens is 208 g/mol. The van der Waals surface area contributed by atoms with Gasteiger partial charge in [-0.25, -0.2) is 9.78 Å². The topological polar surface area (TPSA) is 79.3 Å². The van der Waals surface area contributed by atoms with Crippen molar-refractivity contribution in [3.8, 4) is 0 Å². The Morgan fingerprint density at radius 2 is 2.12 bits per heavy atom. The van der Waals surface area contributed by atoms with Crippen LogP contribution in [0, 0.1) is 0 Å². The van der Waals surface area contributed by atoms with E-state index in [4.69, 9.17) is 5.11 Å². The molecule has 1 heterocycles. The summed E-state index contributed by atoms with van der Waals surface area (Å²) in [5.74, 6) is -1.30. The highest BCUT2D eigenvalue weighted by molar-refractivity contribution is 5.95. The molecule has 0 unspecified atom stereocenters. The van der Waals surface area contributed by atoms with Crippen LogP contribution >= 0.6 is 0 Å². The van der Waals surface area contributed by atoms with Crippen LogP contribution in [0.1, 0.15) is 40.6 Å². The van der Waals surface area contributed by atoms with Crippen molar-refractivity contribution >= 4 is 11.9 Å². The molecule has 2 N–H and O–H groups in total. The molecule has 0 aliphatic heterocycles. The first kappa shape index (κ1) is 10.6. The third-order valence-corrected chi connectivity index (χ3v) is 2.66. The minimum absolute atomic E-state index is 0.0609. The number of rotatable bonds is 3. The largest absolute Gasteiger partial charge is 0.477 e. The molecule has 1 aromatic heterocycles. The molecule has 0 spiro atoms. The van der Waals surface area contributed by atoms with Crippen LogP contribution in [-0.4, -0.2) is 27.5 Å². The zero-order chi connectivity index (χ0) is 11.8. The molecule has 1 amide bonds. The Bertz CT molecular complexity index is 435. The Kier molecular flexibility index (Phi) is 2.38. The lowest BCUT2D eigenvalue weighted by Gasteiger charge is -2.10. The van der Waals surface area contributed by atoms with Crippen LogP contribution in [0.3, 0.4) is 0 Å². The van der Waals surface area contributed by atoms with Gasteiger partial charge >= 0.3 is 5.97 Å². The number of carbonyl (C=O) groups excluding carboxylic acids is 1. The Hall–Kier alpha value is -1.91. The van der Waals surface area contributed by atoms with Gasteiger partial charge in [0.1, 0.15) is 5.69 Å². The standard InChI is InChI=1S/C11H12N2O3/c1-11(4-5-11)13-9(14)7-2-3-8(10(15)16)12-6-7/h2-3,6H,4-5H2,1H3,(H,13,14)(H,15,16). The molecule has 1 saturated carbocycles. The third-order valence-electron chi connectivity index (χ3n) is 2.66. The fourth-order valence-corrected chi connectivity index (χ4v) is 1.31. The maximum Gasteiger partial charge on any atom is 0.354 e. The summed E-state index contributed by atoms with van der Waals surface area (Å²) in [6, 6.07) is 2.80. The van der Waals surface area contributed by atoms with E-state index in [1.54, 1.807) is 0 Å². The zero-order valence-electron chi connectivity index (χ0n) is 8.86. The van der Waals surface area contributed by atoms with Crippen LogP contribution in [0.4, 0.5) is 0 Å². The molecule has 0 saturated heterocycles. The number of amides is 1. The second-order valence-corrected chi connectivity index (χ2v) is 4.25. The van der Waals surface area contributed by atoms with E-state index in [0.29, 0.717) is 5.56 Å². The van der Waals surface area contributed by atoms with E-state index in [1.165, 1.54) is 18.3 Å². The molecule has 5 nitrogen and oxygen atoms in total. The van der Waals surface area contributed by atoms with Crippen molar-refractivity contribution in [3.63, 3.8) is 0 Å². The number of carboxylic acids is 1. The third kappa shape index (κ3) is 2.18. The quantitative estimate of drug-likeness (QED) is 0.798. The van der Waals surface area contributed by atoms with Gasteiger partial charge in [0.2, 0.25) is 0 Å². The van der Waals surface area contributed by atoms with Gasteiger partial charge in [0.15, 0.2) is 0 Å². The van der Waals surface area contributed by atoms with Gasteiger partial charge in [0, 0.05) is 11.7 Å². The number of carbonyl (C=O) groups is 2. The first-order chi connectivity index (χ1) is 7.50. The molecule has 5 heteroatoms. The smallest absolute Gasteiger partial charge is 0.354 e. The molecule has 0 aromatic carbocycles. The lowest BCUT2D eigenvalue weighted by Crippen LogP contribution is -2.34. The Morgan fingerprint density at radius 3 is 2.56 bits per heavy atom. The molecule has 1 aliphatic rings. The van der Waals surface area contributed by atoms with E-state index >= 15 is 0 Å². The number of hydrogen-bond acceptors (Lipinski definition) is 3. The highest BCUT2D eigenvalue weighted by atomic mass is 16.4. The molecule has 1 aromatic rings. The fourth-order valence-electron chi connectivity index (χ4n) is 1.31. The first-order valence-corrected chi connectivity index (χ1v) is 5.02. The van der Waals surface area contributed by atoms with Gasteiger partial charge in [0.05, 0.1) is 5.56 Å². The van der Waals surface area contributed by atoms with Gasteiger partial charge in [-0.2, -0.15) is 0 Å². The SMILES string of the molecule is CC1(NC(=O)c2ccc(C(=O)O)nc2)CC1. The van der Waals surface area contributed by atoms with Crippen molar-refractivity contribution in [1.29, 1.82) is 0 Å². The summed E-state index contributed by atoms with van der Waals surface area (Å²) < 4.78 is 0. The molecule has 16 heavy (non-hydrogen) atoms. The Balaban J connectivity index is 2.09. The van der Waals surface area contributed by atoms with Crippen LogP contribution in [0.25, 0.3) is 0 Å². The van der Waals surface area contributed by atoms with Crippen molar-refractivity contribution in [2.24, 2.45) is 0 Å². The van der Waals surface area contributed by atoms with Gasteiger partial charge in [-0.1, -0.05) is 0 Å². The second-order valence-electron chi connectivity index (χ2n) is 4.25. The minimum Gasteiger partial charge on any atom is -0.477 e. The fraction of sp³-hybridized carbons (Fsp3) is 0.364. The molecule has 1 aliphatic carbocycles. The number of nitrogens with zero attached hydrogens (tertiary/aromatic N) is 1. The normalized spacial score (nSPS) is 16.6. The Morgan fingerprint density at radius 1 is 1.44 bits per heavy atom. The van der Waals surface area contributed by atoms with E-state index in [2.05, 4.69) is 10.3 Å². The molecule has 84 valence electrons. The summed E-state index contributed by atoms with van der Waals surface area (Å²) >= 11 is 0. The number of pyridine rings is 1. The summed E-state index contributed by atoms with van der Waals surface area (Å²) in [6.07, 6.45) is 3.25. The molecule has 0 atom stereocenters. The summed E-state index contributed by atoms with van der Waals surface area (Å²) in [5, 5.41) is 11.5. The minimum atomic E-state index is -1.10. The summed E-state index contributed by atoms with van der Waals surface area (Å²) in [5.41, 5.74) is 0.245. The van der Waals surface area contributed by atoms with E-state index in [1.807, 2.05) is 6.92 Å². The zero-order valence-corrected chi connectivity index (χ0v) is 8.86. The van der Waals surface area contributed by atoms with Crippen LogP contribution in [0.5, 0.6) is 0 Å². The maximum absolute atomic E-state index is 11.7. The van der Waals surface area contributed by atoms with E-state index < -0.39 is 5.97 Å². The first-order valence-electron chi connectivity index (χ1n) is 5.02. The summed E-state index contributed by atoms with van der Waals surface area (Å²) in [7, 11) is 0. The van der Waals surface area contributed by atoms with Crippen molar-refractivity contribution in [2.45, 2.75) is 25.3 Å². The van der Waals surface area contributed by atoms with Crippen molar-refractivity contribution in [3.05, 3.63) is 29.6 Å². The van der Waals surface area contributed by atoms with Crippen LogP contribution < -0.4 is 5.32 Å². The van der Waals surface area contributed by atoms with Gasteiger partial charge in [-0.15, -0.1) is 0 Å². The molecular formula is C11H12N2O3. The van der Waals surface area contributed by atoms with Crippen LogP contribution in [0.15, 0.2) is 18.3 Å². The van der Waals surface area contributed by atoms with Crippen LogP contribution in [0.2, 0.25) is 0 Å². The average molecular weight is 220 g/mol. The number of aromatic carboxylic acids is 1. The van der Waals surface area contributed by atoms with Gasteiger partial charge in [-0.3, -0.25) is 4.79 Å². The second kappa shape index (κ2) is 3.59. The number of hydrogen-bond donors (Lipinski definition) is 2. The molecule has 0 radical (unpaired) electrons. The van der Waals surface area contributed by atoms with E-state index in [0.717, 1.165) is 12.8 Å². The monoisotopic (exact) mass is 220 g/mol. The maximum atomic E-state index is 11.7. The Labute approximate surface area is 92.5 Å².